The Morgan fingerprint density at radius 3 is 2.49 bits per heavy atom. The summed E-state index contributed by atoms with van der Waals surface area (Å²) in [6.45, 7) is 3.80. The maximum atomic E-state index is 6.57. The minimum atomic E-state index is -0.166. The van der Waals surface area contributed by atoms with Gasteiger partial charge in [0.05, 0.1) is 17.8 Å². The summed E-state index contributed by atoms with van der Waals surface area (Å²) < 4.78 is 2.06. The summed E-state index contributed by atoms with van der Waals surface area (Å²) >= 11 is 0. The molecule has 0 aliphatic heterocycles. The van der Waals surface area contributed by atoms with Gasteiger partial charge in [-0.25, -0.2) is 4.98 Å². The van der Waals surface area contributed by atoms with Crippen LogP contribution in [0.15, 0.2) is 72.9 Å². The van der Waals surface area contributed by atoms with Gasteiger partial charge in [0.1, 0.15) is 0 Å². The normalized spacial score (nSPS) is 14.9. The van der Waals surface area contributed by atoms with E-state index in [0.717, 1.165) is 70.6 Å². The van der Waals surface area contributed by atoms with Gasteiger partial charge in [0.25, 0.3) is 0 Å². The lowest BCUT2D eigenvalue weighted by molar-refractivity contribution is 0.253. The molecule has 1 saturated carbocycles. The van der Waals surface area contributed by atoms with Crippen LogP contribution < -0.4 is 11.1 Å². The predicted octanol–water partition coefficient (Wildman–Crippen LogP) is 5.45. The number of nitrogens with zero attached hydrogens (tertiary/aromatic N) is 4. The highest BCUT2D eigenvalue weighted by Crippen LogP contribution is 2.40. The summed E-state index contributed by atoms with van der Waals surface area (Å²) in [7, 11) is 0. The highest BCUT2D eigenvalue weighted by atomic mass is 15.3. The Morgan fingerprint density at radius 2 is 1.77 bits per heavy atom. The van der Waals surface area contributed by atoms with Crippen molar-refractivity contribution in [2.75, 3.05) is 6.54 Å². The predicted molar refractivity (Wildman–Crippen MR) is 141 cm³/mol. The Bertz CT molecular complexity index is 1480. The molecule has 5 aromatic rings. The SMILES string of the molecule is CCCNCc1nnc2c3cc(-c4ccccc4)c(-c4ccc(C5(N)CCC5)cc4)nc3ccn12. The van der Waals surface area contributed by atoms with Crippen LogP contribution in [-0.4, -0.2) is 26.1 Å². The Hall–Kier alpha value is -3.61. The molecule has 0 saturated heterocycles. The molecule has 3 heterocycles. The van der Waals surface area contributed by atoms with Crippen molar-refractivity contribution in [3.05, 3.63) is 84.3 Å². The van der Waals surface area contributed by atoms with Gasteiger partial charge in [-0.1, -0.05) is 61.5 Å². The van der Waals surface area contributed by atoms with Crippen LogP contribution >= 0.6 is 0 Å². The van der Waals surface area contributed by atoms with E-state index < -0.39 is 0 Å². The number of hydrogen-bond acceptors (Lipinski definition) is 5. The average Bonchev–Trinajstić information content (AvgIpc) is 3.31. The fraction of sp³-hybridized carbons (Fsp3) is 0.276. The van der Waals surface area contributed by atoms with Gasteiger partial charge in [-0.2, -0.15) is 0 Å². The maximum absolute atomic E-state index is 6.57. The van der Waals surface area contributed by atoms with Crippen LogP contribution in [0, 0.1) is 0 Å². The fourth-order valence-corrected chi connectivity index (χ4v) is 5.00. The number of pyridine rings is 2. The number of hydrogen-bond donors (Lipinski definition) is 2. The molecule has 6 heteroatoms. The van der Waals surface area contributed by atoms with E-state index in [4.69, 9.17) is 10.7 Å². The number of fused-ring (bicyclic) bond motifs is 3. The molecule has 0 unspecified atom stereocenters. The van der Waals surface area contributed by atoms with Crippen molar-refractivity contribution in [1.82, 2.24) is 24.9 Å². The molecule has 1 aliphatic carbocycles. The molecular formula is C29H30N6. The largest absolute Gasteiger partial charge is 0.321 e. The summed E-state index contributed by atoms with van der Waals surface area (Å²) in [5.41, 5.74) is 13.6. The molecule has 3 N–H and O–H groups in total. The zero-order valence-electron chi connectivity index (χ0n) is 20.0. The van der Waals surface area contributed by atoms with Gasteiger partial charge in [-0.05, 0) is 55.5 Å². The zero-order chi connectivity index (χ0) is 23.8. The third-order valence-corrected chi connectivity index (χ3v) is 7.21. The maximum Gasteiger partial charge on any atom is 0.170 e. The summed E-state index contributed by atoms with van der Waals surface area (Å²) in [6, 6.07) is 23.4. The number of aromatic nitrogens is 4. The minimum absolute atomic E-state index is 0.166. The molecular weight excluding hydrogens is 432 g/mol. The van der Waals surface area contributed by atoms with Gasteiger partial charge < -0.3 is 11.1 Å². The molecule has 0 atom stereocenters. The molecule has 0 spiro atoms. The number of benzene rings is 2. The van der Waals surface area contributed by atoms with E-state index in [1.165, 1.54) is 12.0 Å². The molecule has 0 amide bonds. The van der Waals surface area contributed by atoms with Gasteiger partial charge in [-0.3, -0.25) is 4.40 Å². The van der Waals surface area contributed by atoms with Crippen LogP contribution in [0.3, 0.4) is 0 Å². The van der Waals surface area contributed by atoms with Gasteiger partial charge in [-0.15, -0.1) is 10.2 Å². The molecule has 0 bridgehead atoms. The second-order valence-corrected chi connectivity index (χ2v) is 9.57. The van der Waals surface area contributed by atoms with Crippen LogP contribution in [0.2, 0.25) is 0 Å². The third kappa shape index (κ3) is 3.89. The Morgan fingerprint density at radius 1 is 0.971 bits per heavy atom. The number of nitrogens with two attached hydrogens (primary N) is 1. The second kappa shape index (κ2) is 8.87. The quantitative estimate of drug-likeness (QED) is 0.314. The van der Waals surface area contributed by atoms with Gasteiger partial charge in [0, 0.05) is 28.2 Å². The zero-order valence-corrected chi connectivity index (χ0v) is 20.0. The monoisotopic (exact) mass is 462 g/mol. The van der Waals surface area contributed by atoms with Crippen molar-refractivity contribution in [3.8, 4) is 22.4 Å². The molecule has 1 fully saturated rings. The van der Waals surface area contributed by atoms with Gasteiger partial charge in [0.15, 0.2) is 11.5 Å². The highest BCUT2D eigenvalue weighted by molar-refractivity contribution is 5.98. The summed E-state index contributed by atoms with van der Waals surface area (Å²) in [5.74, 6) is 0.906. The van der Waals surface area contributed by atoms with E-state index >= 15 is 0 Å². The van der Waals surface area contributed by atoms with Crippen molar-refractivity contribution < 1.29 is 0 Å². The smallest absolute Gasteiger partial charge is 0.170 e. The van der Waals surface area contributed by atoms with E-state index in [-0.39, 0.29) is 5.54 Å². The van der Waals surface area contributed by atoms with E-state index in [1.807, 2.05) is 12.3 Å². The Kier molecular flexibility index (Phi) is 5.55. The van der Waals surface area contributed by atoms with Crippen molar-refractivity contribution in [1.29, 1.82) is 0 Å². The lowest BCUT2D eigenvalue weighted by Crippen LogP contribution is -2.43. The van der Waals surface area contributed by atoms with Crippen molar-refractivity contribution in [3.63, 3.8) is 0 Å². The third-order valence-electron chi connectivity index (χ3n) is 7.21. The van der Waals surface area contributed by atoms with E-state index in [9.17, 15) is 0 Å². The first-order valence-corrected chi connectivity index (χ1v) is 12.5. The van der Waals surface area contributed by atoms with Gasteiger partial charge in [0.2, 0.25) is 0 Å². The molecule has 6 rings (SSSR count). The van der Waals surface area contributed by atoms with Crippen LogP contribution in [0.25, 0.3) is 38.9 Å². The Labute approximate surface area is 205 Å². The molecule has 3 aromatic heterocycles. The average molecular weight is 463 g/mol. The molecule has 176 valence electrons. The minimum Gasteiger partial charge on any atom is -0.321 e. The second-order valence-electron chi connectivity index (χ2n) is 9.57. The van der Waals surface area contributed by atoms with Crippen molar-refractivity contribution in [2.24, 2.45) is 5.73 Å². The van der Waals surface area contributed by atoms with Crippen LogP contribution in [0.1, 0.15) is 44.0 Å². The van der Waals surface area contributed by atoms with Crippen LogP contribution in [0.4, 0.5) is 0 Å². The molecule has 1 aliphatic rings. The van der Waals surface area contributed by atoms with Crippen LogP contribution in [-0.2, 0) is 12.1 Å². The van der Waals surface area contributed by atoms with Gasteiger partial charge >= 0.3 is 0 Å². The highest BCUT2D eigenvalue weighted by Gasteiger charge is 2.34. The van der Waals surface area contributed by atoms with E-state index in [1.54, 1.807) is 0 Å². The lowest BCUT2D eigenvalue weighted by atomic mass is 9.72. The number of rotatable bonds is 7. The fourth-order valence-electron chi connectivity index (χ4n) is 5.00. The van der Waals surface area contributed by atoms with Crippen molar-refractivity contribution in [2.45, 2.75) is 44.7 Å². The lowest BCUT2D eigenvalue weighted by Gasteiger charge is -2.38. The Balaban J connectivity index is 1.49. The molecule has 6 nitrogen and oxygen atoms in total. The molecule has 0 radical (unpaired) electrons. The first-order valence-electron chi connectivity index (χ1n) is 12.5. The molecule has 2 aromatic carbocycles. The standard InChI is InChI=1S/C29H30N6/c1-2-16-31-19-26-33-34-28-24-18-23(20-7-4-3-5-8-20)27(32-25(24)13-17-35(26)28)21-9-11-22(12-10-21)29(30)14-6-15-29/h3-5,7-13,17-18,31H,2,6,14-16,19,30H2,1H3. The summed E-state index contributed by atoms with van der Waals surface area (Å²) in [6.07, 6.45) is 6.42. The van der Waals surface area contributed by atoms with E-state index in [0.29, 0.717) is 6.54 Å². The molecule has 35 heavy (non-hydrogen) atoms. The topological polar surface area (TPSA) is 81.1 Å². The van der Waals surface area contributed by atoms with E-state index in [2.05, 4.69) is 87.5 Å². The summed E-state index contributed by atoms with van der Waals surface area (Å²) in [5, 5.41) is 13.4. The first kappa shape index (κ1) is 21.9. The van der Waals surface area contributed by atoms with Crippen LogP contribution in [0.5, 0.6) is 0 Å². The summed E-state index contributed by atoms with van der Waals surface area (Å²) in [4.78, 5) is 5.15. The van der Waals surface area contributed by atoms with Crippen molar-refractivity contribution >= 4 is 16.6 Å². The number of nitrogens with one attached hydrogen (secondary N) is 1. The first-order chi connectivity index (χ1) is 17.2.